The number of benzene rings is 1. The lowest BCUT2D eigenvalue weighted by Gasteiger charge is -2.26. The predicted molar refractivity (Wildman–Crippen MR) is 70.1 cm³/mol. The van der Waals surface area contributed by atoms with Crippen LogP contribution in [0.5, 0.6) is 0 Å². The Kier molecular flexibility index (Phi) is 3.96. The highest BCUT2D eigenvalue weighted by Crippen LogP contribution is 2.19. The molecule has 0 radical (unpaired) electrons. The van der Waals surface area contributed by atoms with Crippen molar-refractivity contribution < 1.29 is 14.7 Å². The number of rotatable bonds is 2. The van der Waals surface area contributed by atoms with Crippen LogP contribution in [0.15, 0.2) is 24.3 Å². The summed E-state index contributed by atoms with van der Waals surface area (Å²) in [5, 5.41) is 11.8. The minimum absolute atomic E-state index is 0.101. The standard InChI is InChI=1S/C13H18N2O3/c1-13(2,3)14-12(18)15(4)10-8-6-5-7-9(10)11(16)17/h5-8H,1-4H3,(H,14,18)(H,16,17). The molecule has 0 aromatic heterocycles. The molecule has 5 heteroatoms. The molecule has 98 valence electrons. The summed E-state index contributed by atoms with van der Waals surface area (Å²) in [7, 11) is 1.54. The molecule has 0 bridgehead atoms. The first kappa shape index (κ1) is 14.0. The molecule has 18 heavy (non-hydrogen) atoms. The van der Waals surface area contributed by atoms with Gasteiger partial charge in [-0.15, -0.1) is 0 Å². The van der Waals surface area contributed by atoms with Gasteiger partial charge in [0.2, 0.25) is 0 Å². The molecule has 1 rings (SSSR count). The summed E-state index contributed by atoms with van der Waals surface area (Å²) in [6, 6.07) is 6.06. The van der Waals surface area contributed by atoms with Crippen LogP contribution in [-0.2, 0) is 0 Å². The zero-order valence-electron chi connectivity index (χ0n) is 11.0. The maximum Gasteiger partial charge on any atom is 0.337 e. The Morgan fingerprint density at radius 2 is 1.78 bits per heavy atom. The van der Waals surface area contributed by atoms with E-state index in [9.17, 15) is 9.59 Å². The third kappa shape index (κ3) is 3.48. The highest BCUT2D eigenvalue weighted by atomic mass is 16.4. The predicted octanol–water partition coefficient (Wildman–Crippen LogP) is 2.33. The normalized spacial score (nSPS) is 10.9. The highest BCUT2D eigenvalue weighted by Gasteiger charge is 2.21. The number of carbonyl (C=O) groups excluding carboxylic acids is 1. The van der Waals surface area contributed by atoms with Crippen LogP contribution in [0, 0.1) is 0 Å². The fourth-order valence-corrected chi connectivity index (χ4v) is 1.46. The van der Waals surface area contributed by atoms with Gasteiger partial charge >= 0.3 is 12.0 Å². The van der Waals surface area contributed by atoms with E-state index in [2.05, 4.69) is 5.32 Å². The second kappa shape index (κ2) is 5.08. The number of amides is 2. The zero-order valence-corrected chi connectivity index (χ0v) is 11.0. The molecule has 2 amide bonds. The van der Waals surface area contributed by atoms with E-state index < -0.39 is 5.97 Å². The summed E-state index contributed by atoms with van der Waals surface area (Å²) < 4.78 is 0. The lowest BCUT2D eigenvalue weighted by Crippen LogP contribution is -2.47. The number of carbonyl (C=O) groups is 2. The topological polar surface area (TPSA) is 69.6 Å². The molecule has 1 aromatic rings. The summed E-state index contributed by atoms with van der Waals surface area (Å²) in [6.07, 6.45) is 0. The fraction of sp³-hybridized carbons (Fsp3) is 0.385. The van der Waals surface area contributed by atoms with Crippen LogP contribution in [0.1, 0.15) is 31.1 Å². The van der Waals surface area contributed by atoms with Crippen LogP contribution in [0.25, 0.3) is 0 Å². The van der Waals surface area contributed by atoms with Gasteiger partial charge in [0.1, 0.15) is 0 Å². The Balaban J connectivity index is 3.00. The lowest BCUT2D eigenvalue weighted by molar-refractivity contribution is 0.0697. The number of para-hydroxylation sites is 1. The van der Waals surface area contributed by atoms with Crippen molar-refractivity contribution in [2.45, 2.75) is 26.3 Å². The molecule has 2 N–H and O–H groups in total. The third-order valence-corrected chi connectivity index (χ3v) is 2.28. The highest BCUT2D eigenvalue weighted by molar-refractivity contribution is 6.01. The maximum atomic E-state index is 12.0. The molecule has 0 saturated heterocycles. The first-order chi connectivity index (χ1) is 8.22. The number of nitrogens with zero attached hydrogens (tertiary/aromatic N) is 1. The van der Waals surface area contributed by atoms with Crippen molar-refractivity contribution in [3.05, 3.63) is 29.8 Å². The summed E-state index contributed by atoms with van der Waals surface area (Å²) in [6.45, 7) is 5.59. The molecular weight excluding hydrogens is 232 g/mol. The van der Waals surface area contributed by atoms with Gasteiger partial charge in [-0.25, -0.2) is 9.59 Å². The van der Waals surface area contributed by atoms with Crippen LogP contribution in [0.4, 0.5) is 10.5 Å². The van der Waals surface area contributed by atoms with Gasteiger partial charge in [-0.3, -0.25) is 4.90 Å². The molecule has 0 spiro atoms. The van der Waals surface area contributed by atoms with E-state index in [0.717, 1.165) is 0 Å². The largest absolute Gasteiger partial charge is 0.478 e. The van der Waals surface area contributed by atoms with E-state index in [0.29, 0.717) is 5.69 Å². The van der Waals surface area contributed by atoms with Crippen molar-refractivity contribution in [2.24, 2.45) is 0 Å². The van der Waals surface area contributed by atoms with Gasteiger partial charge in [0.05, 0.1) is 11.3 Å². The first-order valence-electron chi connectivity index (χ1n) is 5.60. The van der Waals surface area contributed by atoms with Gasteiger partial charge in [0.15, 0.2) is 0 Å². The third-order valence-electron chi connectivity index (χ3n) is 2.28. The van der Waals surface area contributed by atoms with E-state index in [1.54, 1.807) is 25.2 Å². The summed E-state index contributed by atoms with van der Waals surface area (Å²) >= 11 is 0. The van der Waals surface area contributed by atoms with Gasteiger partial charge in [-0.05, 0) is 32.9 Å². The average molecular weight is 250 g/mol. The van der Waals surface area contributed by atoms with Crippen LogP contribution in [0.2, 0.25) is 0 Å². The minimum Gasteiger partial charge on any atom is -0.478 e. The molecule has 0 unspecified atom stereocenters. The van der Waals surface area contributed by atoms with Crippen LogP contribution in [0.3, 0.4) is 0 Å². The van der Waals surface area contributed by atoms with E-state index in [1.165, 1.54) is 11.0 Å². The van der Waals surface area contributed by atoms with Crippen molar-refractivity contribution in [1.29, 1.82) is 0 Å². The Labute approximate surface area is 106 Å². The second-order valence-corrected chi connectivity index (χ2v) is 5.06. The number of aromatic carboxylic acids is 1. The summed E-state index contributed by atoms with van der Waals surface area (Å²) in [5.74, 6) is -1.05. The Bertz CT molecular complexity index is 464. The number of nitrogens with one attached hydrogen (secondary N) is 1. The van der Waals surface area contributed by atoms with Gasteiger partial charge in [-0.2, -0.15) is 0 Å². The fourth-order valence-electron chi connectivity index (χ4n) is 1.46. The van der Waals surface area contributed by atoms with Crippen molar-refractivity contribution in [3.63, 3.8) is 0 Å². The van der Waals surface area contributed by atoms with Gasteiger partial charge in [0, 0.05) is 12.6 Å². The minimum atomic E-state index is -1.05. The van der Waals surface area contributed by atoms with Gasteiger partial charge in [-0.1, -0.05) is 12.1 Å². The molecule has 5 nitrogen and oxygen atoms in total. The maximum absolute atomic E-state index is 12.0. The van der Waals surface area contributed by atoms with E-state index >= 15 is 0 Å². The molecule has 1 aromatic carbocycles. The van der Waals surface area contributed by atoms with Crippen molar-refractivity contribution in [2.75, 3.05) is 11.9 Å². The van der Waals surface area contributed by atoms with E-state index in [4.69, 9.17) is 5.11 Å². The van der Waals surface area contributed by atoms with Gasteiger partial charge < -0.3 is 10.4 Å². The molecule has 0 aliphatic rings. The number of anilines is 1. The molecule has 0 saturated carbocycles. The Morgan fingerprint density at radius 3 is 2.28 bits per heavy atom. The number of urea groups is 1. The first-order valence-corrected chi connectivity index (χ1v) is 5.60. The lowest BCUT2D eigenvalue weighted by atomic mass is 10.1. The molecular formula is C13H18N2O3. The van der Waals surface area contributed by atoms with Crippen molar-refractivity contribution in [1.82, 2.24) is 5.32 Å². The molecule has 0 aliphatic carbocycles. The summed E-state index contributed by atoms with van der Waals surface area (Å²) in [4.78, 5) is 24.3. The Hall–Kier alpha value is -2.04. The van der Waals surface area contributed by atoms with Gasteiger partial charge in [0.25, 0.3) is 0 Å². The molecule has 0 heterocycles. The van der Waals surface area contributed by atoms with Crippen molar-refractivity contribution >= 4 is 17.7 Å². The SMILES string of the molecule is CN(C(=O)NC(C)(C)C)c1ccccc1C(=O)O. The number of carboxylic acid groups (broad SMARTS) is 1. The molecule has 0 aliphatic heterocycles. The van der Waals surface area contributed by atoms with E-state index in [-0.39, 0.29) is 17.1 Å². The smallest absolute Gasteiger partial charge is 0.337 e. The number of hydrogen-bond donors (Lipinski definition) is 2. The summed E-state index contributed by atoms with van der Waals surface area (Å²) in [5.41, 5.74) is 0.0968. The monoisotopic (exact) mass is 250 g/mol. The number of hydrogen-bond acceptors (Lipinski definition) is 2. The zero-order chi connectivity index (χ0) is 13.9. The average Bonchev–Trinajstić information content (AvgIpc) is 2.25. The van der Waals surface area contributed by atoms with E-state index in [1.807, 2.05) is 20.8 Å². The van der Waals surface area contributed by atoms with Crippen LogP contribution in [-0.4, -0.2) is 29.7 Å². The Morgan fingerprint density at radius 1 is 1.22 bits per heavy atom. The number of carboxylic acids is 1. The van der Waals surface area contributed by atoms with Crippen molar-refractivity contribution in [3.8, 4) is 0 Å². The molecule has 0 atom stereocenters. The van der Waals surface area contributed by atoms with Crippen LogP contribution < -0.4 is 10.2 Å². The van der Waals surface area contributed by atoms with Crippen LogP contribution >= 0.6 is 0 Å². The molecule has 0 fully saturated rings. The quantitative estimate of drug-likeness (QED) is 0.846. The second-order valence-electron chi connectivity index (χ2n) is 5.06.